The maximum Gasteiger partial charge on any atom is 0.340 e. The first-order valence-corrected chi connectivity index (χ1v) is 8.16. The highest BCUT2D eigenvalue weighted by atomic mass is 19.1. The first-order chi connectivity index (χ1) is 13.0. The van der Waals surface area contributed by atoms with Gasteiger partial charge in [0.2, 0.25) is 0 Å². The normalized spacial score (nSPS) is 10.4. The standard InChI is InChI=1S/C20H18FNO5/c1-2-26-20(25)15-8-4-6-10-17(15)22-18(23)13-27-19(24)12-11-14-7-3-5-9-16(14)21/h3-12H,2,13H2,1H3,(H,22,23)/b12-11+. The third-order valence-electron chi connectivity index (χ3n) is 3.35. The number of carbonyl (C=O) groups excluding carboxylic acids is 3. The van der Waals surface area contributed by atoms with E-state index in [0.29, 0.717) is 0 Å². The summed E-state index contributed by atoms with van der Waals surface area (Å²) in [6, 6.07) is 12.2. The second-order valence-corrected chi connectivity index (χ2v) is 5.28. The van der Waals surface area contributed by atoms with Crippen LogP contribution in [0.15, 0.2) is 54.6 Å². The van der Waals surface area contributed by atoms with Gasteiger partial charge in [-0.05, 0) is 31.2 Å². The summed E-state index contributed by atoms with van der Waals surface area (Å²) in [5.74, 6) is -2.47. The Morgan fingerprint density at radius 2 is 1.74 bits per heavy atom. The van der Waals surface area contributed by atoms with Crippen LogP contribution in [-0.4, -0.2) is 31.1 Å². The summed E-state index contributed by atoms with van der Waals surface area (Å²) in [6.07, 6.45) is 2.28. The summed E-state index contributed by atoms with van der Waals surface area (Å²) < 4.78 is 23.2. The van der Waals surface area contributed by atoms with E-state index in [2.05, 4.69) is 5.32 Å². The van der Waals surface area contributed by atoms with Gasteiger partial charge in [-0.2, -0.15) is 0 Å². The summed E-state index contributed by atoms with van der Waals surface area (Å²) in [5, 5.41) is 2.49. The Labute approximate surface area is 155 Å². The van der Waals surface area contributed by atoms with Gasteiger partial charge in [-0.1, -0.05) is 30.3 Å². The van der Waals surface area contributed by atoms with E-state index in [9.17, 15) is 18.8 Å². The molecule has 0 spiro atoms. The van der Waals surface area contributed by atoms with Crippen molar-refractivity contribution in [2.45, 2.75) is 6.92 Å². The van der Waals surface area contributed by atoms with Crippen molar-refractivity contribution >= 4 is 29.6 Å². The summed E-state index contributed by atoms with van der Waals surface area (Å²) >= 11 is 0. The van der Waals surface area contributed by atoms with Gasteiger partial charge in [-0.15, -0.1) is 0 Å². The Kier molecular flexibility index (Phi) is 7.25. The first-order valence-electron chi connectivity index (χ1n) is 8.16. The van der Waals surface area contributed by atoms with E-state index in [0.717, 1.165) is 6.08 Å². The number of rotatable bonds is 7. The van der Waals surface area contributed by atoms with E-state index < -0.39 is 30.3 Å². The zero-order valence-corrected chi connectivity index (χ0v) is 14.6. The fourth-order valence-corrected chi connectivity index (χ4v) is 2.12. The van der Waals surface area contributed by atoms with Gasteiger partial charge in [0.05, 0.1) is 17.9 Å². The van der Waals surface area contributed by atoms with Crippen LogP contribution in [0.25, 0.3) is 6.08 Å². The molecule has 0 radical (unpaired) electrons. The van der Waals surface area contributed by atoms with E-state index in [1.54, 1.807) is 25.1 Å². The number of halogens is 1. The fourth-order valence-electron chi connectivity index (χ4n) is 2.12. The highest BCUT2D eigenvalue weighted by Gasteiger charge is 2.14. The van der Waals surface area contributed by atoms with Gasteiger partial charge in [0.15, 0.2) is 6.61 Å². The molecule has 0 aromatic heterocycles. The zero-order valence-electron chi connectivity index (χ0n) is 14.6. The largest absolute Gasteiger partial charge is 0.462 e. The van der Waals surface area contributed by atoms with Crippen molar-refractivity contribution in [1.29, 1.82) is 0 Å². The van der Waals surface area contributed by atoms with Gasteiger partial charge >= 0.3 is 11.9 Å². The lowest BCUT2D eigenvalue weighted by molar-refractivity contribution is -0.142. The van der Waals surface area contributed by atoms with E-state index in [1.807, 2.05) is 0 Å². The number of esters is 2. The molecular formula is C20H18FNO5. The minimum absolute atomic E-state index is 0.193. The number of amides is 1. The second kappa shape index (κ2) is 9.86. The predicted octanol–water partition coefficient (Wildman–Crippen LogP) is 3.20. The summed E-state index contributed by atoms with van der Waals surface area (Å²) in [7, 11) is 0. The molecule has 0 unspecified atom stereocenters. The Morgan fingerprint density at radius 3 is 2.48 bits per heavy atom. The first kappa shape index (κ1) is 19.8. The van der Waals surface area contributed by atoms with Crippen molar-refractivity contribution in [2.75, 3.05) is 18.5 Å². The van der Waals surface area contributed by atoms with Gasteiger partial charge < -0.3 is 14.8 Å². The number of anilines is 1. The molecule has 0 aliphatic carbocycles. The topological polar surface area (TPSA) is 81.7 Å². The molecule has 7 heteroatoms. The Morgan fingerprint density at radius 1 is 1.04 bits per heavy atom. The molecule has 0 aliphatic heterocycles. The molecule has 0 saturated carbocycles. The third-order valence-corrected chi connectivity index (χ3v) is 3.35. The molecule has 2 aromatic rings. The van der Waals surface area contributed by atoms with E-state index in [1.165, 1.54) is 36.4 Å². The molecule has 27 heavy (non-hydrogen) atoms. The summed E-state index contributed by atoms with van der Waals surface area (Å²) in [5.41, 5.74) is 0.666. The second-order valence-electron chi connectivity index (χ2n) is 5.28. The maximum absolute atomic E-state index is 13.4. The smallest absolute Gasteiger partial charge is 0.340 e. The average molecular weight is 371 g/mol. The molecule has 0 saturated heterocycles. The highest BCUT2D eigenvalue weighted by molar-refractivity contribution is 6.02. The van der Waals surface area contributed by atoms with Crippen LogP contribution < -0.4 is 5.32 Å². The number of para-hydroxylation sites is 1. The van der Waals surface area contributed by atoms with Gasteiger partial charge in [0.25, 0.3) is 5.91 Å². The van der Waals surface area contributed by atoms with Crippen molar-refractivity contribution in [3.8, 4) is 0 Å². The highest BCUT2D eigenvalue weighted by Crippen LogP contribution is 2.16. The number of carbonyl (C=O) groups is 3. The zero-order chi connectivity index (χ0) is 19.6. The molecule has 2 aromatic carbocycles. The molecule has 140 valence electrons. The van der Waals surface area contributed by atoms with Crippen molar-refractivity contribution in [3.63, 3.8) is 0 Å². The fraction of sp³-hybridized carbons (Fsp3) is 0.150. The quantitative estimate of drug-likeness (QED) is 0.597. The molecule has 2 rings (SSSR count). The molecule has 0 aliphatic rings. The Hall–Kier alpha value is -3.48. The van der Waals surface area contributed by atoms with E-state index in [4.69, 9.17) is 9.47 Å². The molecular weight excluding hydrogens is 353 g/mol. The lowest BCUT2D eigenvalue weighted by Crippen LogP contribution is -2.21. The molecule has 1 N–H and O–H groups in total. The van der Waals surface area contributed by atoms with Crippen molar-refractivity contribution < 1.29 is 28.2 Å². The van der Waals surface area contributed by atoms with Crippen LogP contribution in [0.1, 0.15) is 22.8 Å². The van der Waals surface area contributed by atoms with E-state index in [-0.39, 0.29) is 23.4 Å². The van der Waals surface area contributed by atoms with Crippen LogP contribution in [0.2, 0.25) is 0 Å². The van der Waals surface area contributed by atoms with Crippen LogP contribution in [0, 0.1) is 5.82 Å². The van der Waals surface area contributed by atoms with Crippen LogP contribution in [0.5, 0.6) is 0 Å². The monoisotopic (exact) mass is 371 g/mol. The van der Waals surface area contributed by atoms with Crippen LogP contribution in [0.3, 0.4) is 0 Å². The Bertz CT molecular complexity index is 863. The molecule has 1 amide bonds. The predicted molar refractivity (Wildman–Crippen MR) is 97.4 cm³/mol. The average Bonchev–Trinajstić information content (AvgIpc) is 2.66. The lowest BCUT2D eigenvalue weighted by atomic mass is 10.2. The maximum atomic E-state index is 13.4. The van der Waals surface area contributed by atoms with Crippen molar-refractivity contribution in [2.24, 2.45) is 0 Å². The van der Waals surface area contributed by atoms with Gasteiger partial charge in [0, 0.05) is 11.6 Å². The van der Waals surface area contributed by atoms with Crippen LogP contribution in [-0.2, 0) is 19.1 Å². The molecule has 0 fully saturated rings. The van der Waals surface area contributed by atoms with Crippen molar-refractivity contribution in [1.82, 2.24) is 0 Å². The molecule has 0 heterocycles. The minimum Gasteiger partial charge on any atom is -0.462 e. The minimum atomic E-state index is -0.799. The van der Waals surface area contributed by atoms with Gasteiger partial charge in [-0.25, -0.2) is 14.0 Å². The van der Waals surface area contributed by atoms with Crippen LogP contribution in [0.4, 0.5) is 10.1 Å². The lowest BCUT2D eigenvalue weighted by Gasteiger charge is -2.10. The SMILES string of the molecule is CCOC(=O)c1ccccc1NC(=O)COC(=O)/C=C/c1ccccc1F. The number of nitrogens with one attached hydrogen (secondary N) is 1. The van der Waals surface area contributed by atoms with Gasteiger partial charge in [0.1, 0.15) is 5.82 Å². The third kappa shape index (κ3) is 6.07. The van der Waals surface area contributed by atoms with Gasteiger partial charge in [-0.3, -0.25) is 4.79 Å². The van der Waals surface area contributed by atoms with Crippen molar-refractivity contribution in [3.05, 3.63) is 71.6 Å². The number of ether oxygens (including phenoxy) is 2. The number of hydrogen-bond donors (Lipinski definition) is 1. The molecule has 0 atom stereocenters. The summed E-state index contributed by atoms with van der Waals surface area (Å²) in [6.45, 7) is 1.32. The van der Waals surface area contributed by atoms with E-state index >= 15 is 0 Å². The number of hydrogen-bond acceptors (Lipinski definition) is 5. The van der Waals surface area contributed by atoms with Crippen LogP contribution >= 0.6 is 0 Å². The molecule has 6 nitrogen and oxygen atoms in total. The summed E-state index contributed by atoms with van der Waals surface area (Å²) in [4.78, 5) is 35.5. The molecule has 0 bridgehead atoms. The Balaban J connectivity index is 1.90. The number of benzene rings is 2.